The van der Waals surface area contributed by atoms with Crippen LogP contribution in [0.25, 0.3) is 10.9 Å². The van der Waals surface area contributed by atoms with Crippen LogP contribution < -0.4 is 5.73 Å². The van der Waals surface area contributed by atoms with Crippen LogP contribution in [0.1, 0.15) is 5.56 Å². The van der Waals surface area contributed by atoms with Crippen LogP contribution >= 0.6 is 0 Å². The van der Waals surface area contributed by atoms with Crippen molar-refractivity contribution >= 4 is 16.9 Å². The summed E-state index contributed by atoms with van der Waals surface area (Å²) in [5.74, 6) is -0.845. The van der Waals surface area contributed by atoms with Gasteiger partial charge in [0.05, 0.1) is 5.52 Å². The number of rotatable bonds is 3. The van der Waals surface area contributed by atoms with E-state index in [1.807, 2.05) is 6.07 Å². The highest BCUT2D eigenvalue weighted by Gasteiger charge is 2.16. The number of carbonyl (C=O) groups is 1. The molecule has 17 heavy (non-hydrogen) atoms. The molecule has 0 radical (unpaired) electrons. The van der Waals surface area contributed by atoms with Crippen molar-refractivity contribution in [2.75, 3.05) is 0 Å². The Hall–Kier alpha value is -2.01. The number of carboxylic acid groups (broad SMARTS) is 1. The van der Waals surface area contributed by atoms with E-state index in [9.17, 15) is 9.90 Å². The summed E-state index contributed by atoms with van der Waals surface area (Å²) in [6.45, 7) is 0. The van der Waals surface area contributed by atoms with Gasteiger partial charge in [0, 0.05) is 25.1 Å². The number of aryl methyl sites for hydroxylation is 1. The molecule has 5 heteroatoms. The average molecular weight is 234 g/mol. The molecule has 0 amide bonds. The molecule has 1 aromatic carbocycles. The lowest BCUT2D eigenvalue weighted by Crippen LogP contribution is -2.32. The average Bonchev–Trinajstić information content (AvgIpc) is 2.57. The number of carboxylic acids is 1. The van der Waals surface area contributed by atoms with Crippen LogP contribution in [0, 0.1) is 0 Å². The number of aliphatic carboxylic acids is 1. The molecule has 1 atom stereocenters. The summed E-state index contributed by atoms with van der Waals surface area (Å²) in [5.41, 5.74) is 7.04. The first kappa shape index (κ1) is 11.5. The van der Waals surface area contributed by atoms with E-state index in [2.05, 4.69) is 0 Å². The zero-order valence-electron chi connectivity index (χ0n) is 9.42. The van der Waals surface area contributed by atoms with Crippen molar-refractivity contribution in [3.63, 3.8) is 0 Å². The number of phenols is 1. The van der Waals surface area contributed by atoms with Crippen molar-refractivity contribution in [2.45, 2.75) is 12.5 Å². The Morgan fingerprint density at radius 3 is 2.88 bits per heavy atom. The van der Waals surface area contributed by atoms with Gasteiger partial charge in [-0.2, -0.15) is 0 Å². The lowest BCUT2D eigenvalue weighted by atomic mass is 10.1. The minimum atomic E-state index is -1.03. The van der Waals surface area contributed by atoms with Crippen LogP contribution in [0.4, 0.5) is 0 Å². The van der Waals surface area contributed by atoms with E-state index in [-0.39, 0.29) is 12.2 Å². The van der Waals surface area contributed by atoms with Crippen molar-refractivity contribution < 1.29 is 15.0 Å². The highest BCUT2D eigenvalue weighted by atomic mass is 16.4. The molecule has 0 bridgehead atoms. The summed E-state index contributed by atoms with van der Waals surface area (Å²) in [7, 11) is 1.80. The van der Waals surface area contributed by atoms with Crippen molar-refractivity contribution in [1.29, 1.82) is 0 Å². The van der Waals surface area contributed by atoms with E-state index < -0.39 is 12.0 Å². The minimum absolute atomic E-state index is 0.181. The summed E-state index contributed by atoms with van der Waals surface area (Å²) in [6.07, 6.45) is 2.04. The zero-order chi connectivity index (χ0) is 12.6. The van der Waals surface area contributed by atoms with Crippen LogP contribution in [-0.2, 0) is 18.3 Å². The molecule has 0 fully saturated rings. The lowest BCUT2D eigenvalue weighted by molar-refractivity contribution is -0.138. The first-order valence-corrected chi connectivity index (χ1v) is 5.25. The summed E-state index contributed by atoms with van der Waals surface area (Å²) < 4.78 is 1.77. The van der Waals surface area contributed by atoms with Gasteiger partial charge in [-0.25, -0.2) is 0 Å². The van der Waals surface area contributed by atoms with Gasteiger partial charge in [0.25, 0.3) is 0 Å². The highest BCUT2D eigenvalue weighted by Crippen LogP contribution is 2.28. The maximum Gasteiger partial charge on any atom is 0.320 e. The van der Waals surface area contributed by atoms with E-state index >= 15 is 0 Å². The highest BCUT2D eigenvalue weighted by molar-refractivity contribution is 5.89. The van der Waals surface area contributed by atoms with Gasteiger partial charge in [-0.1, -0.05) is 12.1 Å². The second kappa shape index (κ2) is 4.10. The SMILES string of the molecule is Cn1cc(CC(N)C(=O)O)c2cccc(O)c21. The molecule has 5 nitrogen and oxygen atoms in total. The Morgan fingerprint density at radius 2 is 2.24 bits per heavy atom. The van der Waals surface area contributed by atoms with Gasteiger partial charge in [0.2, 0.25) is 0 Å². The third-order valence-corrected chi connectivity index (χ3v) is 2.82. The second-order valence-electron chi connectivity index (χ2n) is 4.09. The van der Waals surface area contributed by atoms with Crippen LogP contribution in [0.5, 0.6) is 5.75 Å². The molecule has 0 spiro atoms. The topological polar surface area (TPSA) is 88.5 Å². The van der Waals surface area contributed by atoms with Gasteiger partial charge in [-0.05, 0) is 11.6 Å². The monoisotopic (exact) mass is 234 g/mol. The molecule has 2 aromatic rings. The molecule has 0 aliphatic heterocycles. The Kier molecular flexibility index (Phi) is 2.77. The number of nitrogens with two attached hydrogens (primary N) is 1. The smallest absolute Gasteiger partial charge is 0.320 e. The molecule has 1 heterocycles. The Bertz CT molecular complexity index is 574. The number of aromatic nitrogens is 1. The standard InChI is InChI=1S/C12H14N2O3/c1-14-6-7(5-9(13)12(16)17)8-3-2-4-10(15)11(8)14/h2-4,6,9,15H,5,13H2,1H3,(H,16,17). The fourth-order valence-corrected chi connectivity index (χ4v) is 2.02. The maximum atomic E-state index is 10.7. The number of benzene rings is 1. The van der Waals surface area contributed by atoms with Gasteiger partial charge in [-0.3, -0.25) is 4.79 Å². The molecule has 1 unspecified atom stereocenters. The third-order valence-electron chi connectivity index (χ3n) is 2.82. The third kappa shape index (κ3) is 1.97. The molecule has 0 saturated heterocycles. The minimum Gasteiger partial charge on any atom is -0.506 e. The van der Waals surface area contributed by atoms with Crippen LogP contribution in [0.3, 0.4) is 0 Å². The van der Waals surface area contributed by atoms with Gasteiger partial charge < -0.3 is 20.5 Å². The first-order valence-electron chi connectivity index (χ1n) is 5.25. The summed E-state index contributed by atoms with van der Waals surface area (Å²) in [5, 5.41) is 19.4. The van der Waals surface area contributed by atoms with Gasteiger partial charge >= 0.3 is 5.97 Å². The number of fused-ring (bicyclic) bond motifs is 1. The van der Waals surface area contributed by atoms with Gasteiger partial charge in [0.1, 0.15) is 11.8 Å². The molecular weight excluding hydrogens is 220 g/mol. The molecule has 4 N–H and O–H groups in total. The Balaban J connectivity index is 2.49. The Labute approximate surface area is 98.1 Å². The van der Waals surface area contributed by atoms with Gasteiger partial charge in [-0.15, -0.1) is 0 Å². The first-order chi connectivity index (χ1) is 8.00. The van der Waals surface area contributed by atoms with Crippen LogP contribution in [0.15, 0.2) is 24.4 Å². The number of nitrogens with zero attached hydrogens (tertiary/aromatic N) is 1. The normalized spacial score (nSPS) is 12.8. The van der Waals surface area contributed by atoms with E-state index in [0.717, 1.165) is 10.9 Å². The molecule has 2 rings (SSSR count). The molecule has 1 aromatic heterocycles. The number of hydrogen-bond acceptors (Lipinski definition) is 3. The van der Waals surface area contributed by atoms with E-state index in [1.54, 1.807) is 29.9 Å². The van der Waals surface area contributed by atoms with E-state index in [0.29, 0.717) is 5.52 Å². The fourth-order valence-electron chi connectivity index (χ4n) is 2.02. The summed E-state index contributed by atoms with van der Waals surface area (Å²) in [6, 6.07) is 4.25. The fraction of sp³-hybridized carbons (Fsp3) is 0.250. The number of aromatic hydroxyl groups is 1. The predicted octanol–water partition coefficient (Wildman–Crippen LogP) is 0.838. The van der Waals surface area contributed by atoms with E-state index in [1.165, 1.54) is 0 Å². The van der Waals surface area contributed by atoms with Crippen molar-refractivity contribution in [3.05, 3.63) is 30.0 Å². The molecule has 90 valence electrons. The van der Waals surface area contributed by atoms with Gasteiger partial charge in [0.15, 0.2) is 0 Å². The van der Waals surface area contributed by atoms with Crippen molar-refractivity contribution in [3.8, 4) is 5.75 Å². The van der Waals surface area contributed by atoms with Crippen LogP contribution in [-0.4, -0.2) is 26.8 Å². The van der Waals surface area contributed by atoms with Crippen molar-refractivity contribution in [2.24, 2.45) is 12.8 Å². The quantitative estimate of drug-likeness (QED) is 0.734. The summed E-state index contributed by atoms with van der Waals surface area (Å²) >= 11 is 0. The molecule has 0 aliphatic rings. The second-order valence-corrected chi connectivity index (χ2v) is 4.09. The lowest BCUT2D eigenvalue weighted by Gasteiger charge is -2.04. The maximum absolute atomic E-state index is 10.7. The molecular formula is C12H14N2O3. The number of phenolic OH excluding ortho intramolecular Hbond substituents is 1. The van der Waals surface area contributed by atoms with Crippen LogP contribution in [0.2, 0.25) is 0 Å². The molecule has 0 saturated carbocycles. The van der Waals surface area contributed by atoms with Crippen molar-refractivity contribution in [1.82, 2.24) is 4.57 Å². The summed E-state index contributed by atoms with van der Waals surface area (Å²) in [4.78, 5) is 10.7. The number of para-hydroxylation sites is 1. The van der Waals surface area contributed by atoms with E-state index in [4.69, 9.17) is 10.8 Å². The Morgan fingerprint density at radius 1 is 1.53 bits per heavy atom. The number of hydrogen-bond donors (Lipinski definition) is 3. The largest absolute Gasteiger partial charge is 0.506 e. The zero-order valence-corrected chi connectivity index (χ0v) is 9.42. The predicted molar refractivity (Wildman–Crippen MR) is 63.9 cm³/mol. The molecule has 0 aliphatic carbocycles.